The monoisotopic (exact) mass is 524 g/mol. The van der Waals surface area contributed by atoms with Crippen LogP contribution in [0.1, 0.15) is 18.9 Å². The maximum atomic E-state index is 12.6. The zero-order valence-corrected chi connectivity index (χ0v) is 20.5. The summed E-state index contributed by atoms with van der Waals surface area (Å²) in [5.74, 6) is -3.06. The van der Waals surface area contributed by atoms with Crippen molar-refractivity contribution in [2.75, 3.05) is 20.3 Å². The minimum Gasteiger partial charge on any atom is -0.508 e. The van der Waals surface area contributed by atoms with Crippen molar-refractivity contribution < 1.29 is 58.5 Å². The Morgan fingerprint density at radius 3 is 2.43 bits per heavy atom. The average molecular weight is 525 g/mol. The van der Waals surface area contributed by atoms with Crippen molar-refractivity contribution in [2.24, 2.45) is 11.8 Å². The number of ether oxygens (including phenoxy) is 5. The van der Waals surface area contributed by atoms with E-state index in [1.54, 1.807) is 19.1 Å². The number of carbonyl (C=O) groups excluding carboxylic acids is 3. The van der Waals surface area contributed by atoms with Crippen molar-refractivity contribution in [3.63, 3.8) is 0 Å². The maximum Gasteiger partial charge on any atom is 0.337 e. The number of aldehydes is 1. The van der Waals surface area contributed by atoms with E-state index in [0.29, 0.717) is 12.7 Å². The highest BCUT2D eigenvalue weighted by Crippen LogP contribution is 2.33. The van der Waals surface area contributed by atoms with Crippen molar-refractivity contribution >= 4 is 18.2 Å². The van der Waals surface area contributed by atoms with Gasteiger partial charge in [-0.3, -0.25) is 4.79 Å². The Hall–Kier alpha value is -3.03. The van der Waals surface area contributed by atoms with Gasteiger partial charge in [-0.15, -0.1) is 0 Å². The molecule has 4 N–H and O–H groups in total. The molecule has 1 saturated heterocycles. The number of methoxy groups -OCH3 is 1. The zero-order chi connectivity index (χ0) is 27.1. The molecule has 204 valence electrons. The minimum atomic E-state index is -1.62. The Kier molecular flexibility index (Phi) is 10.0. The Bertz CT molecular complexity index is 961. The Labute approximate surface area is 213 Å². The summed E-state index contributed by atoms with van der Waals surface area (Å²) >= 11 is 0. The molecule has 2 aliphatic rings. The van der Waals surface area contributed by atoms with E-state index in [2.05, 4.69) is 0 Å². The largest absolute Gasteiger partial charge is 0.508 e. The third kappa shape index (κ3) is 7.05. The van der Waals surface area contributed by atoms with Crippen LogP contribution in [0, 0.1) is 11.8 Å². The van der Waals surface area contributed by atoms with Crippen LogP contribution < -0.4 is 0 Å². The molecule has 0 unspecified atom stereocenters. The van der Waals surface area contributed by atoms with E-state index in [9.17, 15) is 34.8 Å². The predicted octanol–water partition coefficient (Wildman–Crippen LogP) is -0.401. The number of esters is 2. The fourth-order valence-corrected chi connectivity index (χ4v) is 4.22. The van der Waals surface area contributed by atoms with Gasteiger partial charge in [-0.05, 0) is 31.0 Å². The van der Waals surface area contributed by atoms with Crippen LogP contribution in [0.25, 0.3) is 0 Å². The molecule has 1 fully saturated rings. The van der Waals surface area contributed by atoms with Crippen LogP contribution in [0.3, 0.4) is 0 Å². The number of aliphatic hydroxyl groups is 3. The first-order chi connectivity index (χ1) is 17.7. The van der Waals surface area contributed by atoms with Gasteiger partial charge in [0.25, 0.3) is 0 Å². The number of benzene rings is 1. The summed E-state index contributed by atoms with van der Waals surface area (Å²) in [7, 11) is 1.16. The lowest BCUT2D eigenvalue weighted by Gasteiger charge is -2.40. The van der Waals surface area contributed by atoms with Crippen LogP contribution in [-0.4, -0.2) is 95.8 Å². The molecule has 0 amide bonds. The molecule has 0 aromatic heterocycles. The van der Waals surface area contributed by atoms with Gasteiger partial charge in [0.2, 0.25) is 0 Å². The summed E-state index contributed by atoms with van der Waals surface area (Å²) in [6, 6.07) is 6.45. The van der Waals surface area contributed by atoms with Crippen LogP contribution in [0.15, 0.2) is 36.1 Å². The average Bonchev–Trinajstić information content (AvgIpc) is 2.89. The molecule has 0 radical (unpaired) electrons. The van der Waals surface area contributed by atoms with Crippen LogP contribution in [0.5, 0.6) is 5.75 Å². The van der Waals surface area contributed by atoms with E-state index in [1.807, 2.05) is 0 Å². The standard InChI is InChI=1S/C25H32O12/c1-13-17(10-26)16(18(11-35-13)24(32)33-2)9-20(28)36-12-19-21(29)22(30)23(31)25(37-19)34-8-7-14-3-5-15(27)6-4-14/h3-6,10-11,13,16-17,19,21-23,25,27,29-31H,7-9,12H2,1-2H3/t13-,16+,17-,19-,21-,22+,23-,25-/m1/s1. The summed E-state index contributed by atoms with van der Waals surface area (Å²) in [4.78, 5) is 36.3. The number of rotatable bonds is 10. The molecule has 3 rings (SSSR count). The van der Waals surface area contributed by atoms with Crippen molar-refractivity contribution in [1.29, 1.82) is 0 Å². The molecule has 0 aliphatic carbocycles. The molecule has 37 heavy (non-hydrogen) atoms. The van der Waals surface area contributed by atoms with Gasteiger partial charge < -0.3 is 48.9 Å². The van der Waals surface area contributed by atoms with Gasteiger partial charge in [0, 0.05) is 5.92 Å². The van der Waals surface area contributed by atoms with Crippen molar-refractivity contribution in [3.05, 3.63) is 41.7 Å². The number of hydrogen-bond donors (Lipinski definition) is 4. The second-order valence-corrected chi connectivity index (χ2v) is 8.91. The van der Waals surface area contributed by atoms with Crippen LogP contribution in [-0.2, 0) is 44.5 Å². The van der Waals surface area contributed by atoms with Gasteiger partial charge in [-0.1, -0.05) is 12.1 Å². The van der Waals surface area contributed by atoms with E-state index in [4.69, 9.17) is 23.7 Å². The molecular formula is C25H32O12. The number of carbonyl (C=O) groups is 3. The summed E-state index contributed by atoms with van der Waals surface area (Å²) < 4.78 is 26.4. The summed E-state index contributed by atoms with van der Waals surface area (Å²) in [6.45, 7) is 1.24. The lowest BCUT2D eigenvalue weighted by Crippen LogP contribution is -2.59. The van der Waals surface area contributed by atoms with Crippen molar-refractivity contribution in [1.82, 2.24) is 0 Å². The molecule has 12 heteroatoms. The molecule has 0 spiro atoms. The first-order valence-corrected chi connectivity index (χ1v) is 11.8. The molecule has 2 heterocycles. The highest BCUT2D eigenvalue weighted by atomic mass is 16.7. The van der Waals surface area contributed by atoms with Gasteiger partial charge in [0.1, 0.15) is 49.2 Å². The van der Waals surface area contributed by atoms with Gasteiger partial charge in [0.15, 0.2) is 6.29 Å². The lowest BCUT2D eigenvalue weighted by molar-refractivity contribution is -0.301. The first-order valence-electron chi connectivity index (χ1n) is 11.8. The zero-order valence-electron chi connectivity index (χ0n) is 20.5. The van der Waals surface area contributed by atoms with E-state index in [-0.39, 0.29) is 24.4 Å². The second-order valence-electron chi connectivity index (χ2n) is 8.91. The van der Waals surface area contributed by atoms with E-state index in [0.717, 1.165) is 12.7 Å². The normalized spacial score (nSPS) is 31.5. The summed E-state index contributed by atoms with van der Waals surface area (Å²) in [5.41, 5.74) is 0.870. The first kappa shape index (κ1) is 28.5. The number of aromatic hydroxyl groups is 1. The summed E-state index contributed by atoms with van der Waals surface area (Å²) in [6.07, 6.45) is -6.01. The van der Waals surface area contributed by atoms with Gasteiger partial charge in [-0.2, -0.15) is 0 Å². The van der Waals surface area contributed by atoms with Crippen LogP contribution in [0.4, 0.5) is 0 Å². The van der Waals surface area contributed by atoms with Gasteiger partial charge >= 0.3 is 11.9 Å². The second kappa shape index (κ2) is 13.0. The van der Waals surface area contributed by atoms with Crippen molar-refractivity contribution in [3.8, 4) is 5.75 Å². The molecule has 0 bridgehead atoms. The maximum absolute atomic E-state index is 12.6. The topological polar surface area (TPSA) is 178 Å². The van der Waals surface area contributed by atoms with Gasteiger partial charge in [0.05, 0.1) is 37.9 Å². The van der Waals surface area contributed by atoms with E-state index in [1.165, 1.54) is 18.4 Å². The van der Waals surface area contributed by atoms with E-state index < -0.39 is 67.2 Å². The van der Waals surface area contributed by atoms with Crippen molar-refractivity contribution in [2.45, 2.75) is 56.6 Å². The quantitative estimate of drug-likeness (QED) is 0.230. The Balaban J connectivity index is 1.57. The molecule has 8 atom stereocenters. The molecule has 1 aromatic rings. The third-order valence-electron chi connectivity index (χ3n) is 6.47. The third-order valence-corrected chi connectivity index (χ3v) is 6.47. The van der Waals surface area contributed by atoms with Gasteiger partial charge in [-0.25, -0.2) is 4.79 Å². The SMILES string of the molecule is COC(=O)C1=CO[C@H](C)[C@@H](C=O)[C@@H]1CC(=O)OC[C@H]1O[C@@H](OCCc2ccc(O)cc2)[C@H](O)[C@@H](O)[C@@H]1O. The molecular weight excluding hydrogens is 492 g/mol. The molecule has 1 aromatic carbocycles. The molecule has 2 aliphatic heterocycles. The smallest absolute Gasteiger partial charge is 0.337 e. The number of phenolic OH excluding ortho intramolecular Hbond substituents is 1. The molecule has 12 nitrogen and oxygen atoms in total. The number of hydrogen-bond acceptors (Lipinski definition) is 12. The number of phenols is 1. The predicted molar refractivity (Wildman–Crippen MR) is 124 cm³/mol. The van der Waals surface area contributed by atoms with E-state index >= 15 is 0 Å². The van der Waals surface area contributed by atoms with Crippen LogP contribution in [0.2, 0.25) is 0 Å². The summed E-state index contributed by atoms with van der Waals surface area (Å²) in [5, 5.41) is 40.1. The highest BCUT2D eigenvalue weighted by Gasteiger charge is 2.45. The van der Waals surface area contributed by atoms with Crippen LogP contribution >= 0.6 is 0 Å². The lowest BCUT2D eigenvalue weighted by atomic mass is 9.80. The fourth-order valence-electron chi connectivity index (χ4n) is 4.22. The fraction of sp³-hybridized carbons (Fsp3) is 0.560. The minimum absolute atomic E-state index is 0.0178. The number of aliphatic hydroxyl groups excluding tert-OH is 3. The molecule has 0 saturated carbocycles. The Morgan fingerprint density at radius 1 is 1.08 bits per heavy atom. The Morgan fingerprint density at radius 2 is 1.78 bits per heavy atom. The highest BCUT2D eigenvalue weighted by molar-refractivity contribution is 5.90.